The minimum absolute atomic E-state index is 0.110. The number of rotatable bonds is 74. The topological polar surface area (TPSA) is 403 Å². The predicted molar refractivity (Wildman–Crippen MR) is 567 cm³/mol. The SMILES string of the molecule is CCCCCOCC1OC2OC3C(COCCCCC)OC(OC4C(COCCCCC)OC(OC5C(COCCCCC)OC(OC6C(COCCCCC)OC(OC7C(COCCCCC)OC(OC8C(C=NC(C)c9ccccc9)OC(OC1C(O)C2OCCCCC)C(OCCCCC)C8O)C(OCCCCC)C7O)C(OCCCCC)C6O)C(OCCCCC)C5O)C(OCCCCC)C4O)C(OCCCCC)C3O. The minimum atomic E-state index is -1.69. The highest BCUT2D eigenvalue weighted by atomic mass is 16.8. The van der Waals surface area contributed by atoms with E-state index in [1.807, 2.05) is 37.3 Å². The number of benzene rings is 1. The summed E-state index contributed by atoms with van der Waals surface area (Å²) in [5.41, 5.74) is 0.872. The maximum absolute atomic E-state index is 14.0. The normalized spacial score (nSPS) is 34.5. The van der Waals surface area contributed by atoms with E-state index < -0.39 is 221 Å². The molecule has 0 radical (unpaired) electrons. The number of nitrogens with zero attached hydrogens (tertiary/aromatic N) is 1. The molecule has 876 valence electrons. The average molecular weight is 2150 g/mol. The summed E-state index contributed by atoms with van der Waals surface area (Å²) < 4.78 is 192. The number of unbranched alkanes of at least 4 members (excludes halogenated alkanes) is 26. The number of aliphatic imine (C=N–C) groups is 1. The lowest BCUT2D eigenvalue weighted by Gasteiger charge is -2.51. The van der Waals surface area contributed by atoms with E-state index in [1.165, 1.54) is 0 Å². The van der Waals surface area contributed by atoms with Gasteiger partial charge < -0.3 is 164 Å². The predicted octanol–water partition coefficient (Wildman–Crippen LogP) is 16.4. The van der Waals surface area contributed by atoms with Gasteiger partial charge in [-0.3, -0.25) is 4.99 Å². The Bertz CT molecular complexity index is 3370. The van der Waals surface area contributed by atoms with Crippen molar-refractivity contribution in [3.63, 3.8) is 0 Å². The first-order valence-corrected chi connectivity index (χ1v) is 59.6. The van der Waals surface area contributed by atoms with Crippen LogP contribution in [0.1, 0.15) is 359 Å². The van der Waals surface area contributed by atoms with Crippen molar-refractivity contribution < 1.29 is 164 Å². The first-order valence-electron chi connectivity index (χ1n) is 59.6. The Hall–Kier alpha value is -2.47. The summed E-state index contributed by atoms with van der Waals surface area (Å²) in [6, 6.07) is 9.25. The third-order valence-corrected chi connectivity index (χ3v) is 29.5. The molecule has 150 heavy (non-hydrogen) atoms. The maximum atomic E-state index is 14.0. The Morgan fingerprint density at radius 1 is 0.220 bits per heavy atom. The lowest BCUT2D eigenvalue weighted by Crippen LogP contribution is -2.69. The molecule has 0 aliphatic carbocycles. The van der Waals surface area contributed by atoms with Gasteiger partial charge in [0.05, 0.1) is 45.7 Å². The third kappa shape index (κ3) is 42.8. The second-order valence-corrected chi connectivity index (χ2v) is 42.2. The maximum Gasteiger partial charge on any atom is 0.187 e. The third-order valence-electron chi connectivity index (χ3n) is 29.5. The van der Waals surface area contributed by atoms with E-state index in [4.69, 9.17) is 133 Å². The second kappa shape index (κ2) is 77.2. The van der Waals surface area contributed by atoms with E-state index >= 15 is 0 Å². The molecule has 21 aliphatic rings. The minimum Gasteiger partial charge on any atom is -0.387 e. The summed E-state index contributed by atoms with van der Waals surface area (Å²) in [5.74, 6) is 0. The van der Waals surface area contributed by atoms with Crippen molar-refractivity contribution in [1.82, 2.24) is 0 Å². The Balaban J connectivity index is 1.31. The van der Waals surface area contributed by atoms with E-state index in [0.29, 0.717) is 123 Å². The fraction of sp³-hybridized carbons (Fsp3) is 0.939. The largest absolute Gasteiger partial charge is 0.387 e. The molecule has 21 saturated heterocycles. The number of aliphatic hydroxyl groups is 7. The molecule has 0 aromatic heterocycles. The van der Waals surface area contributed by atoms with Gasteiger partial charge in [0.15, 0.2) is 44.0 Å². The van der Waals surface area contributed by atoms with Crippen molar-refractivity contribution in [3.8, 4) is 0 Å². The smallest absolute Gasteiger partial charge is 0.187 e. The molecule has 0 amide bonds. The molecule has 35 heteroatoms. The van der Waals surface area contributed by atoms with Crippen molar-refractivity contribution in [1.29, 1.82) is 0 Å². The molecule has 35 nitrogen and oxygen atoms in total. The second-order valence-electron chi connectivity index (χ2n) is 42.2. The zero-order valence-corrected chi connectivity index (χ0v) is 94.4. The molecule has 36 atom stereocenters. The van der Waals surface area contributed by atoms with Crippen LogP contribution >= 0.6 is 0 Å². The summed E-state index contributed by atoms with van der Waals surface area (Å²) >= 11 is 0. The van der Waals surface area contributed by atoms with Crippen molar-refractivity contribution in [3.05, 3.63) is 35.9 Å². The molecular formula is C115H207NO34. The summed E-state index contributed by atoms with van der Waals surface area (Å²) in [7, 11) is 0. The van der Waals surface area contributed by atoms with Gasteiger partial charge in [0.25, 0.3) is 0 Å². The van der Waals surface area contributed by atoms with Crippen LogP contribution in [-0.2, 0) is 128 Å². The average Bonchev–Trinajstić information content (AvgIpc) is 0.777. The molecule has 1 aromatic carbocycles. The molecule has 14 bridgehead atoms. The molecule has 22 rings (SSSR count). The van der Waals surface area contributed by atoms with Crippen LogP contribution in [0.5, 0.6) is 0 Å². The Morgan fingerprint density at radius 2 is 0.387 bits per heavy atom. The van der Waals surface area contributed by atoms with Crippen molar-refractivity contribution in [2.45, 2.75) is 568 Å². The van der Waals surface area contributed by atoms with Gasteiger partial charge >= 0.3 is 0 Å². The Morgan fingerprint density at radius 3 is 0.573 bits per heavy atom. The summed E-state index contributed by atoms with van der Waals surface area (Å²) in [6.07, 6.45) is -19.0. The highest BCUT2D eigenvalue weighted by Crippen LogP contribution is 2.44. The van der Waals surface area contributed by atoms with Crippen LogP contribution in [0.3, 0.4) is 0 Å². The molecule has 21 aliphatic heterocycles. The van der Waals surface area contributed by atoms with E-state index in [-0.39, 0.29) is 85.9 Å². The fourth-order valence-corrected chi connectivity index (χ4v) is 20.4. The van der Waals surface area contributed by atoms with Crippen LogP contribution in [0.25, 0.3) is 0 Å². The van der Waals surface area contributed by atoms with E-state index in [0.717, 1.165) is 173 Å². The quantitative estimate of drug-likeness (QED) is 0.0235. The summed E-state index contributed by atoms with van der Waals surface area (Å²) in [5, 5.41) is 97.2. The highest BCUT2D eigenvalue weighted by Gasteiger charge is 2.62. The Labute approximate surface area is 900 Å². The van der Waals surface area contributed by atoms with Crippen molar-refractivity contribution >= 4 is 6.21 Å². The van der Waals surface area contributed by atoms with Crippen LogP contribution in [0, 0.1) is 0 Å². The van der Waals surface area contributed by atoms with Crippen molar-refractivity contribution in [2.75, 3.05) is 126 Å². The summed E-state index contributed by atoms with van der Waals surface area (Å²) in [4.78, 5) is 5.18. The van der Waals surface area contributed by atoms with Crippen LogP contribution in [0.15, 0.2) is 35.3 Å². The standard InChI is InChI=1S/C115H207NO34/c1-15-28-44-59-124-73-82-96-89(118)104(132-67-52-36-23-9)111(139-82)147-98-84(75-126-61-46-30-17-3)141-113(106(91(98)120)134-69-54-38-25-11)149-100-86(77-128-63-48-32-19-5)143-115(108(93(100)122)136-71-56-40-27-13)150-101-87(78-129-64-49-33-20-6)142-114(107(94(101)123)135-70-55-39-26-12)148-99-85(76-127-62-47-31-18-4)140-112(105(92(99)121)133-68-53-37-24-10)146-97-83(74-125-60-45-29-16-2)138-110(103(90(97)119)131-66-51-35-22-8)144-95-81(72-116-79(14)80-57-42-41-43-58-80)137-109(145-96)102(88(95)117)130-65-50-34-21-7/h41-43,57-58,72,79,81-115,117-123H,15-40,44-56,59-71,73-78H2,1-14H3. The van der Waals surface area contributed by atoms with Crippen molar-refractivity contribution in [2.24, 2.45) is 4.99 Å². The van der Waals surface area contributed by atoms with Crippen LogP contribution in [0.4, 0.5) is 0 Å². The first-order chi connectivity index (χ1) is 73.3. The van der Waals surface area contributed by atoms with Crippen LogP contribution < -0.4 is 0 Å². The van der Waals surface area contributed by atoms with Crippen LogP contribution in [-0.4, -0.2) is 382 Å². The summed E-state index contributed by atoms with van der Waals surface area (Å²) in [6.45, 7) is 30.8. The van der Waals surface area contributed by atoms with Gasteiger partial charge in [0, 0.05) is 92.1 Å². The molecule has 21 heterocycles. The molecule has 0 spiro atoms. The molecule has 1 aromatic rings. The van der Waals surface area contributed by atoms with Gasteiger partial charge in [-0.1, -0.05) is 287 Å². The molecule has 7 N–H and O–H groups in total. The zero-order valence-electron chi connectivity index (χ0n) is 94.4. The lowest BCUT2D eigenvalue weighted by atomic mass is 9.94. The molecule has 36 unspecified atom stereocenters. The monoisotopic (exact) mass is 2150 g/mol. The van der Waals surface area contributed by atoms with Gasteiger partial charge in [0.2, 0.25) is 0 Å². The molecule has 21 fully saturated rings. The number of aliphatic hydroxyl groups excluding tert-OH is 7. The highest BCUT2D eigenvalue weighted by molar-refractivity contribution is 5.65. The van der Waals surface area contributed by atoms with Gasteiger partial charge in [-0.2, -0.15) is 0 Å². The number of ether oxygens (including phenoxy) is 27. The lowest BCUT2D eigenvalue weighted by molar-refractivity contribution is -0.403. The van der Waals surface area contributed by atoms with Gasteiger partial charge in [-0.25, -0.2) is 0 Å². The van der Waals surface area contributed by atoms with E-state index in [9.17, 15) is 35.7 Å². The van der Waals surface area contributed by atoms with E-state index in [1.54, 1.807) is 6.21 Å². The van der Waals surface area contributed by atoms with Crippen LogP contribution in [0.2, 0.25) is 0 Å². The fourth-order valence-electron chi connectivity index (χ4n) is 20.4. The van der Waals surface area contributed by atoms with Gasteiger partial charge in [-0.05, 0) is 96.0 Å². The zero-order chi connectivity index (χ0) is 107. The van der Waals surface area contributed by atoms with Gasteiger partial charge in [-0.15, -0.1) is 0 Å². The molecule has 0 saturated carbocycles. The number of hydrogen-bond acceptors (Lipinski definition) is 35. The molecular weight excluding hydrogens is 1940 g/mol. The number of hydrogen-bond donors (Lipinski definition) is 7. The van der Waals surface area contributed by atoms with E-state index in [2.05, 4.69) is 90.0 Å². The van der Waals surface area contributed by atoms with Gasteiger partial charge in [0.1, 0.15) is 171 Å². The Kier molecular flexibility index (Phi) is 67.4. The first kappa shape index (κ1) is 131.